The SMILES string of the molecule is O=C(CC1CCCCC1)N1CCN(c2nccn2-c2ccccc2F)CC1. The number of carbonyl (C=O) groups is 1. The molecule has 2 aliphatic rings. The van der Waals surface area contributed by atoms with Crippen LogP contribution in [0.1, 0.15) is 38.5 Å². The van der Waals surface area contributed by atoms with Gasteiger partial charge in [-0.25, -0.2) is 9.37 Å². The third kappa shape index (κ3) is 3.99. The summed E-state index contributed by atoms with van der Waals surface area (Å²) in [5, 5.41) is 0. The van der Waals surface area contributed by atoms with E-state index < -0.39 is 0 Å². The number of nitrogens with zero attached hydrogens (tertiary/aromatic N) is 4. The monoisotopic (exact) mass is 370 g/mol. The molecule has 27 heavy (non-hydrogen) atoms. The molecule has 2 fully saturated rings. The first-order valence-corrected chi connectivity index (χ1v) is 10.0. The third-order valence-electron chi connectivity index (χ3n) is 5.84. The largest absolute Gasteiger partial charge is 0.339 e. The summed E-state index contributed by atoms with van der Waals surface area (Å²) in [6.45, 7) is 2.86. The van der Waals surface area contributed by atoms with Crippen LogP contribution in [0.4, 0.5) is 10.3 Å². The van der Waals surface area contributed by atoms with Crippen molar-refractivity contribution >= 4 is 11.9 Å². The zero-order valence-electron chi connectivity index (χ0n) is 15.7. The van der Waals surface area contributed by atoms with Crippen molar-refractivity contribution in [3.63, 3.8) is 0 Å². The van der Waals surface area contributed by atoms with Crippen LogP contribution in [0.2, 0.25) is 0 Å². The van der Waals surface area contributed by atoms with Crippen LogP contribution in [-0.4, -0.2) is 46.5 Å². The highest BCUT2D eigenvalue weighted by atomic mass is 19.1. The van der Waals surface area contributed by atoms with Crippen molar-refractivity contribution < 1.29 is 9.18 Å². The molecule has 2 heterocycles. The van der Waals surface area contributed by atoms with Crippen molar-refractivity contribution in [2.75, 3.05) is 31.1 Å². The number of carbonyl (C=O) groups excluding carboxylic acids is 1. The normalized spacial score (nSPS) is 18.7. The molecule has 1 aromatic heterocycles. The number of amides is 1. The van der Waals surface area contributed by atoms with Crippen LogP contribution in [0.15, 0.2) is 36.7 Å². The molecule has 0 unspecified atom stereocenters. The van der Waals surface area contributed by atoms with E-state index in [-0.39, 0.29) is 5.82 Å². The van der Waals surface area contributed by atoms with Gasteiger partial charge in [0.2, 0.25) is 11.9 Å². The number of rotatable bonds is 4. The molecule has 6 heteroatoms. The zero-order chi connectivity index (χ0) is 18.6. The Balaban J connectivity index is 1.38. The summed E-state index contributed by atoms with van der Waals surface area (Å²) in [6.07, 6.45) is 10.4. The first-order chi connectivity index (χ1) is 13.2. The Morgan fingerprint density at radius 2 is 1.81 bits per heavy atom. The van der Waals surface area contributed by atoms with Gasteiger partial charge in [0.1, 0.15) is 5.82 Å². The second kappa shape index (κ2) is 8.11. The maximum Gasteiger partial charge on any atom is 0.222 e. The lowest BCUT2D eigenvalue weighted by Gasteiger charge is -2.36. The molecule has 1 aliphatic carbocycles. The van der Waals surface area contributed by atoms with Gasteiger partial charge in [-0.15, -0.1) is 0 Å². The van der Waals surface area contributed by atoms with E-state index >= 15 is 0 Å². The maximum absolute atomic E-state index is 14.2. The van der Waals surface area contributed by atoms with E-state index in [4.69, 9.17) is 0 Å². The van der Waals surface area contributed by atoms with Crippen molar-refractivity contribution in [2.45, 2.75) is 38.5 Å². The van der Waals surface area contributed by atoms with E-state index in [1.54, 1.807) is 29.1 Å². The van der Waals surface area contributed by atoms with E-state index in [0.717, 1.165) is 19.0 Å². The number of anilines is 1. The fourth-order valence-corrected chi connectivity index (χ4v) is 4.29. The number of hydrogen-bond acceptors (Lipinski definition) is 3. The Labute approximate surface area is 159 Å². The van der Waals surface area contributed by atoms with E-state index in [1.807, 2.05) is 11.0 Å². The molecule has 0 radical (unpaired) electrons. The molecular formula is C21H27FN4O. The lowest BCUT2D eigenvalue weighted by atomic mass is 9.86. The van der Waals surface area contributed by atoms with Gasteiger partial charge < -0.3 is 9.80 Å². The lowest BCUT2D eigenvalue weighted by Crippen LogP contribution is -2.49. The Morgan fingerprint density at radius 1 is 1.07 bits per heavy atom. The van der Waals surface area contributed by atoms with Gasteiger partial charge in [-0.2, -0.15) is 0 Å². The van der Waals surface area contributed by atoms with Crippen molar-refractivity contribution in [2.24, 2.45) is 5.92 Å². The van der Waals surface area contributed by atoms with E-state index in [0.29, 0.717) is 37.0 Å². The highest BCUT2D eigenvalue weighted by Crippen LogP contribution is 2.27. The number of hydrogen-bond donors (Lipinski definition) is 0. The number of benzene rings is 1. The number of aromatic nitrogens is 2. The number of imidazole rings is 1. The summed E-state index contributed by atoms with van der Waals surface area (Å²) in [7, 11) is 0. The summed E-state index contributed by atoms with van der Waals surface area (Å²) < 4.78 is 16.0. The molecular weight excluding hydrogens is 343 g/mol. The molecule has 1 aromatic carbocycles. The standard InChI is InChI=1S/C21H27FN4O/c22-18-8-4-5-9-19(18)26-11-10-23-21(26)25-14-12-24(13-15-25)20(27)16-17-6-2-1-3-7-17/h4-5,8-11,17H,1-3,6-7,12-16H2. The van der Waals surface area contributed by atoms with Crippen LogP contribution in [0.25, 0.3) is 5.69 Å². The first kappa shape index (κ1) is 18.0. The first-order valence-electron chi connectivity index (χ1n) is 10.0. The molecule has 1 aliphatic heterocycles. The zero-order valence-corrected chi connectivity index (χ0v) is 15.7. The minimum absolute atomic E-state index is 0.266. The van der Waals surface area contributed by atoms with Crippen LogP contribution < -0.4 is 4.90 Å². The minimum Gasteiger partial charge on any atom is -0.339 e. The van der Waals surface area contributed by atoms with Crippen LogP contribution in [-0.2, 0) is 4.79 Å². The second-order valence-corrected chi connectivity index (χ2v) is 7.62. The van der Waals surface area contributed by atoms with Crippen LogP contribution in [0.3, 0.4) is 0 Å². The van der Waals surface area contributed by atoms with Gasteiger partial charge in [-0.05, 0) is 30.9 Å². The maximum atomic E-state index is 14.2. The molecule has 0 spiro atoms. The van der Waals surface area contributed by atoms with Gasteiger partial charge >= 0.3 is 0 Å². The number of halogens is 1. The quantitative estimate of drug-likeness (QED) is 0.825. The van der Waals surface area contributed by atoms with Crippen molar-refractivity contribution in [3.05, 3.63) is 42.5 Å². The van der Waals surface area contributed by atoms with Gasteiger partial charge in [-0.1, -0.05) is 31.4 Å². The Bertz CT molecular complexity index is 776. The average molecular weight is 370 g/mol. The lowest BCUT2D eigenvalue weighted by molar-refractivity contribution is -0.132. The van der Waals surface area contributed by atoms with Crippen molar-refractivity contribution in [1.29, 1.82) is 0 Å². The molecule has 4 rings (SSSR count). The van der Waals surface area contributed by atoms with Gasteiger partial charge in [0.05, 0.1) is 5.69 Å². The Kier molecular flexibility index (Phi) is 5.41. The molecule has 2 aromatic rings. The topological polar surface area (TPSA) is 41.4 Å². The molecule has 0 N–H and O–H groups in total. The molecule has 0 bridgehead atoms. The Hall–Kier alpha value is -2.37. The highest BCUT2D eigenvalue weighted by molar-refractivity contribution is 5.76. The average Bonchev–Trinajstić information content (AvgIpc) is 3.19. The molecule has 1 saturated carbocycles. The summed E-state index contributed by atoms with van der Waals surface area (Å²) in [6, 6.07) is 6.72. The molecule has 5 nitrogen and oxygen atoms in total. The van der Waals surface area contributed by atoms with Gasteiger partial charge in [0.25, 0.3) is 0 Å². The van der Waals surface area contributed by atoms with Crippen molar-refractivity contribution in [1.82, 2.24) is 14.5 Å². The molecule has 1 saturated heterocycles. The number of para-hydroxylation sites is 1. The van der Waals surface area contributed by atoms with Crippen molar-refractivity contribution in [3.8, 4) is 5.69 Å². The van der Waals surface area contributed by atoms with E-state index in [2.05, 4.69) is 9.88 Å². The highest BCUT2D eigenvalue weighted by Gasteiger charge is 2.26. The minimum atomic E-state index is -0.266. The molecule has 144 valence electrons. The smallest absolute Gasteiger partial charge is 0.222 e. The predicted octanol–water partition coefficient (Wildman–Crippen LogP) is 3.63. The van der Waals surface area contributed by atoms with E-state index in [1.165, 1.54) is 38.2 Å². The predicted molar refractivity (Wildman–Crippen MR) is 104 cm³/mol. The van der Waals surface area contributed by atoms with E-state index in [9.17, 15) is 9.18 Å². The van der Waals surface area contributed by atoms with Crippen LogP contribution in [0.5, 0.6) is 0 Å². The summed E-state index contributed by atoms with van der Waals surface area (Å²) in [4.78, 5) is 21.2. The molecule has 1 amide bonds. The van der Waals surface area contributed by atoms with Gasteiger partial charge in [-0.3, -0.25) is 9.36 Å². The fraction of sp³-hybridized carbons (Fsp3) is 0.524. The summed E-state index contributed by atoms with van der Waals surface area (Å²) in [5.74, 6) is 1.33. The fourth-order valence-electron chi connectivity index (χ4n) is 4.29. The Morgan fingerprint density at radius 3 is 2.56 bits per heavy atom. The number of piperazine rings is 1. The summed E-state index contributed by atoms with van der Waals surface area (Å²) in [5.41, 5.74) is 0.501. The van der Waals surface area contributed by atoms with Gasteiger partial charge in [0, 0.05) is 45.0 Å². The second-order valence-electron chi connectivity index (χ2n) is 7.62. The molecule has 0 atom stereocenters. The summed E-state index contributed by atoms with van der Waals surface area (Å²) >= 11 is 0. The third-order valence-corrected chi connectivity index (χ3v) is 5.84. The van der Waals surface area contributed by atoms with Gasteiger partial charge in [0.15, 0.2) is 0 Å². The van der Waals surface area contributed by atoms with Crippen LogP contribution >= 0.6 is 0 Å². The van der Waals surface area contributed by atoms with Crippen LogP contribution in [0, 0.1) is 11.7 Å².